The van der Waals surface area contributed by atoms with E-state index >= 15 is 0 Å². The zero-order valence-corrected chi connectivity index (χ0v) is 15.7. The van der Waals surface area contributed by atoms with Crippen molar-refractivity contribution in [2.75, 3.05) is 0 Å². The molecular weight excluding hydrogens is 338 g/mol. The van der Waals surface area contributed by atoms with Gasteiger partial charge in [0.15, 0.2) is 5.78 Å². The van der Waals surface area contributed by atoms with Crippen LogP contribution in [0.5, 0.6) is 0 Å². The van der Waals surface area contributed by atoms with Crippen molar-refractivity contribution in [3.8, 4) is 6.07 Å². The van der Waals surface area contributed by atoms with Gasteiger partial charge in [0, 0.05) is 35.3 Å². The number of hydrogen-bond acceptors (Lipinski definition) is 3. The van der Waals surface area contributed by atoms with Gasteiger partial charge < -0.3 is 9.13 Å². The summed E-state index contributed by atoms with van der Waals surface area (Å²) < 4.78 is 3.47. The Balaban J connectivity index is 1.92. The zero-order chi connectivity index (χ0) is 19.6. The lowest BCUT2D eigenvalue weighted by molar-refractivity contribution is 0.0969. The molecule has 5 heteroatoms. The summed E-state index contributed by atoms with van der Waals surface area (Å²) in [5, 5.41) is 9.16. The van der Waals surface area contributed by atoms with Gasteiger partial charge in [0.05, 0.1) is 12.1 Å². The molecule has 0 unspecified atom stereocenters. The van der Waals surface area contributed by atoms with Gasteiger partial charge in [-0.2, -0.15) is 5.26 Å². The van der Waals surface area contributed by atoms with Gasteiger partial charge >= 0.3 is 0 Å². The Bertz CT molecular complexity index is 1100. The molecule has 27 heavy (non-hydrogen) atoms. The topological polar surface area (TPSA) is 67.8 Å². The van der Waals surface area contributed by atoms with E-state index in [4.69, 9.17) is 5.26 Å². The number of pyridine rings is 1. The Kier molecular flexibility index (Phi) is 5.09. The summed E-state index contributed by atoms with van der Waals surface area (Å²) in [6.07, 6.45) is 0. The summed E-state index contributed by atoms with van der Waals surface area (Å²) in [5.41, 5.74) is 4.27. The summed E-state index contributed by atoms with van der Waals surface area (Å²) in [6, 6.07) is 16.8. The summed E-state index contributed by atoms with van der Waals surface area (Å²) in [4.78, 5) is 25.1. The second-order valence-corrected chi connectivity index (χ2v) is 6.65. The maximum absolute atomic E-state index is 12.9. The van der Waals surface area contributed by atoms with Gasteiger partial charge in [-0.3, -0.25) is 9.59 Å². The summed E-state index contributed by atoms with van der Waals surface area (Å²) >= 11 is 0. The largest absolute Gasteiger partial charge is 0.344 e. The SMILES string of the molecule is Cc1cc(C(=O)Cn2c(C)c(C#N)ccc2=O)c(C)n1Cc1ccccc1. The highest BCUT2D eigenvalue weighted by atomic mass is 16.1. The van der Waals surface area contributed by atoms with Crippen LogP contribution in [0.15, 0.2) is 53.3 Å². The maximum Gasteiger partial charge on any atom is 0.251 e. The lowest BCUT2D eigenvalue weighted by Crippen LogP contribution is -2.26. The molecule has 0 spiro atoms. The Morgan fingerprint density at radius 1 is 1.00 bits per heavy atom. The van der Waals surface area contributed by atoms with E-state index in [9.17, 15) is 9.59 Å². The Labute approximate surface area is 158 Å². The van der Waals surface area contributed by atoms with Crippen LogP contribution < -0.4 is 5.56 Å². The van der Waals surface area contributed by atoms with Crippen LogP contribution in [0.1, 0.15) is 38.6 Å². The Morgan fingerprint density at radius 3 is 2.37 bits per heavy atom. The molecule has 3 aromatic rings. The molecule has 0 aliphatic heterocycles. The minimum atomic E-state index is -0.280. The fraction of sp³-hybridized carbons (Fsp3) is 0.227. The van der Waals surface area contributed by atoms with Crippen LogP contribution in [0.3, 0.4) is 0 Å². The van der Waals surface area contributed by atoms with Crippen molar-refractivity contribution < 1.29 is 4.79 Å². The first kappa shape index (κ1) is 18.4. The van der Waals surface area contributed by atoms with Crippen LogP contribution in [0, 0.1) is 32.1 Å². The van der Waals surface area contributed by atoms with Crippen molar-refractivity contribution in [3.63, 3.8) is 0 Å². The molecule has 5 nitrogen and oxygen atoms in total. The molecule has 0 aliphatic rings. The molecule has 3 rings (SSSR count). The van der Waals surface area contributed by atoms with E-state index in [2.05, 4.69) is 22.8 Å². The number of carbonyl (C=O) groups is 1. The molecule has 0 radical (unpaired) electrons. The molecule has 0 N–H and O–H groups in total. The van der Waals surface area contributed by atoms with Gasteiger partial charge in [0.25, 0.3) is 5.56 Å². The molecule has 0 atom stereocenters. The first-order valence-corrected chi connectivity index (χ1v) is 8.76. The number of carbonyl (C=O) groups excluding carboxylic acids is 1. The summed E-state index contributed by atoms with van der Waals surface area (Å²) in [6.45, 7) is 6.20. The average Bonchev–Trinajstić information content (AvgIpc) is 2.94. The van der Waals surface area contributed by atoms with E-state index in [1.54, 1.807) is 6.92 Å². The number of aromatic nitrogens is 2. The van der Waals surface area contributed by atoms with E-state index in [0.29, 0.717) is 23.4 Å². The van der Waals surface area contributed by atoms with Crippen molar-refractivity contribution in [1.82, 2.24) is 9.13 Å². The molecule has 2 aromatic heterocycles. The summed E-state index contributed by atoms with van der Waals surface area (Å²) in [7, 11) is 0. The van der Waals surface area contributed by atoms with Crippen molar-refractivity contribution >= 4 is 5.78 Å². The van der Waals surface area contributed by atoms with Crippen molar-refractivity contribution in [3.05, 3.63) is 92.7 Å². The van der Waals surface area contributed by atoms with Gasteiger partial charge in [0.1, 0.15) is 6.07 Å². The normalized spacial score (nSPS) is 10.6. The van der Waals surface area contributed by atoms with E-state index in [-0.39, 0.29) is 17.9 Å². The number of Topliss-reactive ketones (excluding diaryl/α,β-unsaturated/α-hetero) is 1. The second kappa shape index (κ2) is 7.46. The number of ketones is 1. The highest BCUT2D eigenvalue weighted by Gasteiger charge is 2.18. The number of hydrogen-bond donors (Lipinski definition) is 0. The fourth-order valence-electron chi connectivity index (χ4n) is 3.31. The lowest BCUT2D eigenvalue weighted by atomic mass is 10.1. The molecule has 0 saturated carbocycles. The zero-order valence-electron chi connectivity index (χ0n) is 15.7. The van der Waals surface area contributed by atoms with Crippen LogP contribution in [0.25, 0.3) is 0 Å². The fourth-order valence-corrected chi connectivity index (χ4v) is 3.31. The van der Waals surface area contributed by atoms with Gasteiger partial charge in [-0.05, 0) is 38.5 Å². The molecule has 1 aromatic carbocycles. The first-order valence-electron chi connectivity index (χ1n) is 8.76. The molecule has 0 bridgehead atoms. The van der Waals surface area contributed by atoms with Crippen molar-refractivity contribution in [2.24, 2.45) is 0 Å². The highest BCUT2D eigenvalue weighted by Crippen LogP contribution is 2.18. The molecule has 0 aliphatic carbocycles. The average molecular weight is 359 g/mol. The Morgan fingerprint density at radius 2 is 1.70 bits per heavy atom. The van der Waals surface area contributed by atoms with E-state index in [1.807, 2.05) is 38.1 Å². The van der Waals surface area contributed by atoms with Crippen LogP contribution >= 0.6 is 0 Å². The van der Waals surface area contributed by atoms with Crippen LogP contribution in [0.2, 0.25) is 0 Å². The van der Waals surface area contributed by atoms with Crippen LogP contribution in [-0.2, 0) is 13.1 Å². The van der Waals surface area contributed by atoms with E-state index in [1.165, 1.54) is 16.7 Å². The molecule has 0 saturated heterocycles. The number of benzene rings is 1. The van der Waals surface area contributed by atoms with E-state index < -0.39 is 0 Å². The van der Waals surface area contributed by atoms with Crippen molar-refractivity contribution in [2.45, 2.75) is 33.9 Å². The third-order valence-corrected chi connectivity index (χ3v) is 4.93. The number of rotatable bonds is 5. The predicted octanol–water partition coefficient (Wildman–Crippen LogP) is 3.38. The minimum Gasteiger partial charge on any atom is -0.344 e. The minimum absolute atomic E-state index is 0.0736. The second-order valence-electron chi connectivity index (χ2n) is 6.65. The van der Waals surface area contributed by atoms with Gasteiger partial charge in [0.2, 0.25) is 0 Å². The molecular formula is C22H21N3O2. The number of aryl methyl sites for hydroxylation is 1. The monoisotopic (exact) mass is 359 g/mol. The third kappa shape index (κ3) is 3.61. The number of nitriles is 1. The van der Waals surface area contributed by atoms with Gasteiger partial charge in [-0.1, -0.05) is 30.3 Å². The summed E-state index contributed by atoms with van der Waals surface area (Å²) in [5.74, 6) is -0.136. The van der Waals surface area contributed by atoms with Gasteiger partial charge in [-0.25, -0.2) is 0 Å². The molecule has 0 fully saturated rings. The van der Waals surface area contributed by atoms with Gasteiger partial charge in [-0.15, -0.1) is 0 Å². The predicted molar refractivity (Wildman–Crippen MR) is 104 cm³/mol. The van der Waals surface area contributed by atoms with Crippen molar-refractivity contribution in [1.29, 1.82) is 5.26 Å². The molecule has 0 amide bonds. The van der Waals surface area contributed by atoms with Crippen LogP contribution in [0.4, 0.5) is 0 Å². The maximum atomic E-state index is 12.9. The van der Waals surface area contributed by atoms with E-state index in [0.717, 1.165) is 17.0 Å². The molecule has 2 heterocycles. The smallest absolute Gasteiger partial charge is 0.251 e. The molecule has 136 valence electrons. The van der Waals surface area contributed by atoms with Crippen LogP contribution in [-0.4, -0.2) is 14.9 Å². The lowest BCUT2D eigenvalue weighted by Gasteiger charge is -2.11. The highest BCUT2D eigenvalue weighted by molar-refractivity contribution is 5.97. The number of nitrogens with zero attached hydrogens (tertiary/aromatic N) is 3. The standard InChI is InChI=1S/C22H21N3O2/c1-15-11-20(17(3)24(15)13-18-7-5-4-6-8-18)21(26)14-25-16(2)19(12-23)9-10-22(25)27/h4-11H,13-14H2,1-3H3. The first-order chi connectivity index (χ1) is 12.9. The Hall–Kier alpha value is -3.39. The quantitative estimate of drug-likeness (QED) is 0.656. The third-order valence-electron chi connectivity index (χ3n) is 4.93.